The van der Waals surface area contributed by atoms with Gasteiger partial charge in [-0.25, -0.2) is 4.31 Å². The van der Waals surface area contributed by atoms with Crippen LogP contribution in [0.1, 0.15) is 0 Å². The van der Waals surface area contributed by atoms with Crippen LogP contribution in [0, 0.1) is 0 Å². The Kier molecular flexibility index (Phi) is 15.3. The number of rotatable bonds is 2. The van der Waals surface area contributed by atoms with E-state index in [1.54, 1.807) is 0 Å². The minimum absolute atomic E-state index is 0. The van der Waals surface area contributed by atoms with E-state index < -0.39 is 24.3 Å². The fraction of sp³-hybridized carbons (Fsp3) is 0. The van der Waals surface area contributed by atoms with E-state index in [1.807, 2.05) is 0 Å². The Bertz CT molecular complexity index is 183. The molecule has 0 aromatic carbocycles. The molecule has 0 bridgehead atoms. The summed E-state index contributed by atoms with van der Waals surface area (Å²) < 4.78 is 31.1. The van der Waals surface area contributed by atoms with Crippen LogP contribution in [0.25, 0.3) is 0 Å². The van der Waals surface area contributed by atoms with E-state index in [2.05, 4.69) is 4.31 Å². The molecule has 0 spiro atoms. The molecule has 0 aromatic heterocycles. The molecule has 0 aliphatic carbocycles. The molecular formula is H6NaO9P3. The van der Waals surface area contributed by atoms with Gasteiger partial charge in [0.05, 0.1) is 0 Å². The van der Waals surface area contributed by atoms with Crippen molar-refractivity contribution in [1.82, 2.24) is 0 Å². The van der Waals surface area contributed by atoms with Gasteiger partial charge >= 0.3 is 46.1 Å². The predicted octanol–water partition coefficient (Wildman–Crippen LogP) is -4.79. The predicted molar refractivity (Wildman–Crippen MR) is 35.6 cm³/mol. The molecule has 4 N–H and O–H groups in total. The van der Waals surface area contributed by atoms with E-state index in [-0.39, 0.29) is 29.6 Å². The summed E-state index contributed by atoms with van der Waals surface area (Å²) in [7, 11) is -11.3. The molecular weight excluding hydrogens is 260 g/mol. The van der Waals surface area contributed by atoms with Crippen molar-refractivity contribution < 1.29 is 72.0 Å². The second-order valence-corrected chi connectivity index (χ2v) is 3.99. The van der Waals surface area contributed by atoms with Crippen LogP contribution in [-0.2, 0) is 18.0 Å². The number of hydrogen-bond acceptors (Lipinski definition) is 5. The second-order valence-electron chi connectivity index (χ2n) is 1.12. The van der Waals surface area contributed by atoms with Gasteiger partial charge in [0.25, 0.3) is 7.82 Å². The van der Waals surface area contributed by atoms with Gasteiger partial charge in [0.1, 0.15) is 0 Å². The zero-order chi connectivity index (χ0) is 10.4. The van der Waals surface area contributed by atoms with E-state index in [0.717, 1.165) is 0 Å². The van der Waals surface area contributed by atoms with Gasteiger partial charge in [0.15, 0.2) is 0 Å². The largest absolute Gasteiger partial charge is 1.00 e. The molecule has 0 fully saturated rings. The van der Waals surface area contributed by atoms with Crippen LogP contribution in [0.2, 0.25) is 0 Å². The van der Waals surface area contributed by atoms with E-state index >= 15 is 0 Å². The Morgan fingerprint density at radius 2 is 1.31 bits per heavy atom. The summed E-state index contributed by atoms with van der Waals surface area (Å²) in [6.07, 6.45) is 0. The van der Waals surface area contributed by atoms with Crippen molar-refractivity contribution in [3.8, 4) is 0 Å². The molecule has 2 atom stereocenters. The van der Waals surface area contributed by atoms with Crippen LogP contribution in [-0.4, -0.2) is 19.6 Å². The normalized spacial score (nSPS) is 14.5. The molecule has 76 valence electrons. The van der Waals surface area contributed by atoms with Crippen molar-refractivity contribution in [2.45, 2.75) is 0 Å². The van der Waals surface area contributed by atoms with Crippen molar-refractivity contribution in [2.24, 2.45) is 0 Å². The van der Waals surface area contributed by atoms with E-state index in [0.29, 0.717) is 0 Å². The zero-order valence-corrected chi connectivity index (χ0v) is 11.2. The first kappa shape index (κ1) is 19.9. The molecule has 0 saturated carbocycles. The van der Waals surface area contributed by atoms with Gasteiger partial charge in [-0.05, 0) is 0 Å². The van der Waals surface area contributed by atoms with Crippen LogP contribution >= 0.6 is 24.3 Å². The summed E-state index contributed by atoms with van der Waals surface area (Å²) in [5.41, 5.74) is 0. The summed E-state index contributed by atoms with van der Waals surface area (Å²) in [5, 5.41) is 0. The van der Waals surface area contributed by atoms with Gasteiger partial charge in [0.2, 0.25) is 0 Å². The van der Waals surface area contributed by atoms with E-state index in [4.69, 9.17) is 29.0 Å². The van der Waals surface area contributed by atoms with Gasteiger partial charge < -0.3 is 24.5 Å². The third kappa shape index (κ3) is 59.4. The number of phosphoric acid groups is 1. The minimum Gasteiger partial charge on any atom is -0.756 e. The Balaban J connectivity index is -0.000000150. The van der Waals surface area contributed by atoms with Crippen LogP contribution < -0.4 is 34.5 Å². The summed E-state index contributed by atoms with van der Waals surface area (Å²) >= 11 is 0. The summed E-state index contributed by atoms with van der Waals surface area (Å²) in [5.74, 6) is 0. The van der Waals surface area contributed by atoms with Crippen LogP contribution in [0.4, 0.5) is 0 Å². The monoisotopic (exact) mass is 266 g/mol. The Morgan fingerprint density at radius 1 is 1.15 bits per heavy atom. The van der Waals surface area contributed by atoms with Crippen LogP contribution in [0.15, 0.2) is 0 Å². The second kappa shape index (κ2) is 9.98. The average molecular weight is 266 g/mol. The summed E-state index contributed by atoms with van der Waals surface area (Å²) in [6, 6.07) is 0. The van der Waals surface area contributed by atoms with Gasteiger partial charge in [-0.3, -0.25) is 13.7 Å². The first-order chi connectivity index (χ1) is 5.13. The standard InChI is InChI=1S/Na.H4O5P2.H3O4P/c;1-6(2)5-7(3)4;1-5(2,3)4/h;6-7H,(H,1,2)(H,3,4);(H3,1,2,3,4)/q+1;;/p-1. The molecule has 0 aliphatic heterocycles. The fourth-order valence-electron chi connectivity index (χ4n) is 0.0747. The Hall–Kier alpha value is 1.45. The Labute approximate surface area is 96.2 Å². The quantitative estimate of drug-likeness (QED) is 0.283. The van der Waals surface area contributed by atoms with Crippen molar-refractivity contribution >= 4 is 24.3 Å². The molecule has 0 aliphatic rings. The molecule has 0 heterocycles. The summed E-state index contributed by atoms with van der Waals surface area (Å²) in [4.78, 5) is 38.3. The van der Waals surface area contributed by atoms with Crippen molar-refractivity contribution in [2.75, 3.05) is 0 Å². The first-order valence-corrected chi connectivity index (χ1v) is 6.09. The smallest absolute Gasteiger partial charge is 0.756 e. The van der Waals surface area contributed by atoms with Crippen LogP contribution in [0.3, 0.4) is 0 Å². The van der Waals surface area contributed by atoms with Gasteiger partial charge in [-0.15, -0.1) is 0 Å². The van der Waals surface area contributed by atoms with Gasteiger partial charge in [0, 0.05) is 0 Å². The maximum Gasteiger partial charge on any atom is 1.00 e. The van der Waals surface area contributed by atoms with Gasteiger partial charge in [-0.1, -0.05) is 0 Å². The maximum absolute atomic E-state index is 9.44. The molecule has 0 amide bonds. The molecule has 0 saturated heterocycles. The average Bonchev–Trinajstić information content (AvgIpc) is 1.52. The third-order valence-electron chi connectivity index (χ3n) is 0.175. The van der Waals surface area contributed by atoms with Gasteiger partial charge in [-0.2, -0.15) is 0 Å². The topological polar surface area (TPSA) is 164 Å². The summed E-state index contributed by atoms with van der Waals surface area (Å²) in [6.45, 7) is 0. The molecule has 0 radical (unpaired) electrons. The van der Waals surface area contributed by atoms with E-state index in [9.17, 15) is 9.13 Å². The van der Waals surface area contributed by atoms with Crippen molar-refractivity contribution in [3.63, 3.8) is 0 Å². The molecule has 0 rings (SSSR count). The van der Waals surface area contributed by atoms with Crippen LogP contribution in [0.5, 0.6) is 0 Å². The molecule has 13 heavy (non-hydrogen) atoms. The fourth-order valence-corrected chi connectivity index (χ4v) is 0.672. The molecule has 13 heteroatoms. The molecule has 0 aromatic rings. The number of hydrogen-bond donors (Lipinski definition) is 4. The van der Waals surface area contributed by atoms with E-state index in [1.165, 1.54) is 0 Å². The SMILES string of the molecule is O=P([O-])(O)O.O=[PH](O)O[PH](=O)O.[Na+]. The van der Waals surface area contributed by atoms with Crippen molar-refractivity contribution in [3.05, 3.63) is 0 Å². The third-order valence-corrected chi connectivity index (χ3v) is 1.57. The molecule has 9 nitrogen and oxygen atoms in total. The Morgan fingerprint density at radius 3 is 1.31 bits per heavy atom. The molecule has 2 unspecified atom stereocenters. The first-order valence-electron chi connectivity index (χ1n) is 2.03. The van der Waals surface area contributed by atoms with Crippen molar-refractivity contribution in [1.29, 1.82) is 0 Å². The minimum atomic E-state index is -4.89. The zero-order valence-electron chi connectivity index (χ0n) is 6.28. The maximum atomic E-state index is 9.44.